The molecule has 3 heterocycles. The van der Waals surface area contributed by atoms with E-state index in [9.17, 15) is 9.59 Å². The number of ether oxygens (including phenoxy) is 2. The van der Waals surface area contributed by atoms with Gasteiger partial charge in [-0.1, -0.05) is 18.3 Å². The highest BCUT2D eigenvalue weighted by Gasteiger charge is 2.39. The fourth-order valence-electron chi connectivity index (χ4n) is 2.84. The number of aromatic amines is 1. The third-order valence-corrected chi connectivity index (χ3v) is 4.88. The predicted molar refractivity (Wildman–Crippen MR) is 91.4 cm³/mol. The maximum Gasteiger partial charge on any atom is 0.311 e. The van der Waals surface area contributed by atoms with Crippen molar-refractivity contribution in [2.75, 3.05) is 0 Å². The number of thiol groups is 1. The normalized spacial score (nSPS) is 26.0. The molecule has 126 valence electrons. The highest BCUT2D eigenvalue weighted by atomic mass is 32.1. The smallest absolute Gasteiger partial charge is 0.311 e. The van der Waals surface area contributed by atoms with Gasteiger partial charge in [-0.05, 0) is 20.3 Å². The first-order valence-electron chi connectivity index (χ1n) is 7.51. The molecule has 0 aliphatic carbocycles. The van der Waals surface area contributed by atoms with Crippen LogP contribution in [0.2, 0.25) is 0 Å². The van der Waals surface area contributed by atoms with Crippen LogP contribution in [0.25, 0.3) is 10.3 Å². The molecule has 1 aliphatic rings. The molecule has 0 spiro atoms. The lowest BCUT2D eigenvalue weighted by Gasteiger charge is -2.21. The zero-order valence-corrected chi connectivity index (χ0v) is 14.8. The summed E-state index contributed by atoms with van der Waals surface area (Å²) in [5, 5.41) is 0. The first-order valence-corrected chi connectivity index (χ1v) is 8.85. The summed E-state index contributed by atoms with van der Waals surface area (Å²) in [7, 11) is 0. The molecule has 0 amide bonds. The van der Waals surface area contributed by atoms with Gasteiger partial charge in [0.05, 0.1) is 11.5 Å². The molecule has 1 N–H and O–H groups in total. The Labute approximate surface area is 142 Å². The van der Waals surface area contributed by atoms with Crippen LogP contribution in [0.15, 0.2) is 9.59 Å². The van der Waals surface area contributed by atoms with E-state index >= 15 is 0 Å². The fraction of sp³-hybridized carbons (Fsp3) is 0.643. The van der Waals surface area contributed by atoms with Crippen LogP contribution in [-0.4, -0.2) is 32.2 Å². The van der Waals surface area contributed by atoms with Gasteiger partial charge >= 0.3 is 4.87 Å². The van der Waals surface area contributed by atoms with E-state index in [4.69, 9.17) is 9.47 Å². The second-order valence-electron chi connectivity index (χ2n) is 5.61. The van der Waals surface area contributed by atoms with Crippen LogP contribution in [0.5, 0.6) is 0 Å². The van der Waals surface area contributed by atoms with Gasteiger partial charge in [0, 0.05) is 6.42 Å². The van der Waals surface area contributed by atoms with Gasteiger partial charge in [0.25, 0.3) is 5.56 Å². The van der Waals surface area contributed by atoms with Crippen LogP contribution >= 0.6 is 24.0 Å². The molecule has 0 saturated carbocycles. The number of thiazole rings is 1. The van der Waals surface area contributed by atoms with E-state index in [1.165, 1.54) is 4.57 Å². The number of hydrogen-bond donors (Lipinski definition) is 2. The van der Waals surface area contributed by atoms with E-state index in [-0.39, 0.29) is 28.1 Å². The summed E-state index contributed by atoms with van der Waals surface area (Å²) in [4.78, 5) is 31.2. The first-order chi connectivity index (χ1) is 10.9. The maximum absolute atomic E-state index is 12.4. The van der Waals surface area contributed by atoms with E-state index < -0.39 is 6.23 Å². The highest BCUT2D eigenvalue weighted by Crippen LogP contribution is 2.34. The van der Waals surface area contributed by atoms with Crippen molar-refractivity contribution in [2.45, 2.75) is 57.5 Å². The lowest BCUT2D eigenvalue weighted by Crippen LogP contribution is -2.30. The molecule has 1 unspecified atom stereocenters. The van der Waals surface area contributed by atoms with Crippen molar-refractivity contribution in [1.29, 1.82) is 0 Å². The Balaban J connectivity index is 2.12. The average Bonchev–Trinajstić information content (AvgIpc) is 2.99. The lowest BCUT2D eigenvalue weighted by atomic mass is 10.1. The summed E-state index contributed by atoms with van der Waals surface area (Å²) in [6, 6.07) is 0. The Morgan fingerprint density at radius 2 is 2.30 bits per heavy atom. The second kappa shape index (κ2) is 6.39. The van der Waals surface area contributed by atoms with Crippen molar-refractivity contribution in [3.05, 3.63) is 25.8 Å². The molecule has 23 heavy (non-hydrogen) atoms. The molecule has 7 nitrogen and oxygen atoms in total. The van der Waals surface area contributed by atoms with Gasteiger partial charge in [-0.25, -0.2) is 4.98 Å². The van der Waals surface area contributed by atoms with Crippen LogP contribution in [0.4, 0.5) is 0 Å². The number of aromatic nitrogens is 3. The third kappa shape index (κ3) is 3.10. The van der Waals surface area contributed by atoms with E-state index in [1.54, 1.807) is 6.92 Å². The van der Waals surface area contributed by atoms with Gasteiger partial charge in [0.2, 0.25) is 0 Å². The van der Waals surface area contributed by atoms with E-state index in [0.717, 1.165) is 17.8 Å². The van der Waals surface area contributed by atoms with Crippen molar-refractivity contribution in [1.82, 2.24) is 14.5 Å². The Morgan fingerprint density at radius 3 is 2.96 bits per heavy atom. The standard InChI is InChI=1S/C14H19N3O4S2/c1-4-8-5-9(20-7(3)22)13(21-8)17-11-10(23-14(17)19)12(18)16-6(2)15-11/h7-9,13,22H,4-5H2,1-3H3,(H,15,16,18)/t7?,8-,9-,13-/m1/s1. The van der Waals surface area contributed by atoms with Gasteiger partial charge in [-0.3, -0.25) is 14.2 Å². The maximum atomic E-state index is 12.4. The van der Waals surface area contributed by atoms with E-state index in [2.05, 4.69) is 22.6 Å². The van der Waals surface area contributed by atoms with Gasteiger partial charge in [-0.15, -0.1) is 12.6 Å². The van der Waals surface area contributed by atoms with Gasteiger partial charge in [-0.2, -0.15) is 0 Å². The lowest BCUT2D eigenvalue weighted by molar-refractivity contribution is -0.0652. The molecule has 2 aromatic heterocycles. The topological polar surface area (TPSA) is 86.2 Å². The number of aryl methyl sites for hydroxylation is 1. The summed E-state index contributed by atoms with van der Waals surface area (Å²) in [5.74, 6) is 0.458. The summed E-state index contributed by atoms with van der Waals surface area (Å²) >= 11 is 5.15. The molecule has 1 fully saturated rings. The van der Waals surface area contributed by atoms with Crippen LogP contribution in [-0.2, 0) is 9.47 Å². The number of nitrogens with zero attached hydrogens (tertiary/aromatic N) is 2. The van der Waals surface area contributed by atoms with Crippen molar-refractivity contribution in [3.63, 3.8) is 0 Å². The minimum atomic E-state index is -0.593. The summed E-state index contributed by atoms with van der Waals surface area (Å²) < 4.78 is 13.6. The molecule has 3 rings (SSSR count). The Bertz CT molecular complexity index is 826. The largest absolute Gasteiger partial charge is 0.360 e. The Morgan fingerprint density at radius 1 is 1.57 bits per heavy atom. The average molecular weight is 357 g/mol. The first kappa shape index (κ1) is 16.7. The van der Waals surface area contributed by atoms with Gasteiger partial charge < -0.3 is 14.5 Å². The fourth-order valence-corrected chi connectivity index (χ4v) is 3.84. The molecule has 9 heteroatoms. The van der Waals surface area contributed by atoms with Crippen molar-refractivity contribution in [3.8, 4) is 0 Å². The molecule has 1 saturated heterocycles. The number of fused-ring (bicyclic) bond motifs is 1. The summed E-state index contributed by atoms with van der Waals surface area (Å²) in [5.41, 5.74) is -0.234. The minimum Gasteiger partial charge on any atom is -0.360 e. The summed E-state index contributed by atoms with van der Waals surface area (Å²) in [6.07, 6.45) is 0.606. The molecule has 0 radical (unpaired) electrons. The monoisotopic (exact) mass is 357 g/mol. The number of H-pyrrole nitrogens is 1. The van der Waals surface area contributed by atoms with Gasteiger partial charge in [0.1, 0.15) is 16.6 Å². The molecule has 0 aromatic carbocycles. The Kier molecular flexibility index (Phi) is 4.63. The van der Waals surface area contributed by atoms with Crippen LogP contribution < -0.4 is 10.4 Å². The van der Waals surface area contributed by atoms with Crippen molar-refractivity contribution < 1.29 is 9.47 Å². The summed E-state index contributed by atoms with van der Waals surface area (Å²) in [6.45, 7) is 5.53. The van der Waals surface area contributed by atoms with Gasteiger partial charge in [0.15, 0.2) is 11.9 Å². The molecule has 4 atom stereocenters. The predicted octanol–water partition coefficient (Wildman–Crippen LogP) is 1.81. The van der Waals surface area contributed by atoms with Crippen molar-refractivity contribution in [2.24, 2.45) is 0 Å². The van der Waals surface area contributed by atoms with Crippen LogP contribution in [0.1, 0.15) is 38.7 Å². The minimum absolute atomic E-state index is 0.00188. The van der Waals surface area contributed by atoms with Crippen LogP contribution in [0.3, 0.4) is 0 Å². The van der Waals surface area contributed by atoms with Crippen LogP contribution in [0, 0.1) is 6.92 Å². The second-order valence-corrected chi connectivity index (χ2v) is 7.30. The third-order valence-electron chi connectivity index (χ3n) is 3.82. The molecular formula is C14H19N3O4S2. The highest BCUT2D eigenvalue weighted by molar-refractivity contribution is 7.80. The number of hydrogen-bond acceptors (Lipinski definition) is 7. The molecular weight excluding hydrogens is 338 g/mol. The van der Waals surface area contributed by atoms with Crippen molar-refractivity contribution >= 4 is 34.3 Å². The zero-order valence-electron chi connectivity index (χ0n) is 13.1. The quantitative estimate of drug-likeness (QED) is 0.644. The number of nitrogens with one attached hydrogen (secondary N) is 1. The number of rotatable bonds is 4. The molecule has 0 bridgehead atoms. The van der Waals surface area contributed by atoms with E-state index in [1.807, 2.05) is 13.8 Å². The Hall–Kier alpha value is -1.16. The molecule has 1 aliphatic heterocycles. The molecule has 2 aromatic rings. The zero-order chi connectivity index (χ0) is 16.7. The SMILES string of the molecule is CC[C@@H]1C[C@@H](OC(C)S)[C@H](n2c(=O)sc3c(=O)[nH]c(C)nc32)O1. The van der Waals surface area contributed by atoms with E-state index in [0.29, 0.717) is 22.6 Å².